The molecule has 6 nitrogen and oxygen atoms in total. The molecule has 0 aliphatic heterocycles. The van der Waals surface area contributed by atoms with Crippen molar-refractivity contribution >= 4 is 22.7 Å². The van der Waals surface area contributed by atoms with Gasteiger partial charge in [-0.25, -0.2) is 4.79 Å². The first-order chi connectivity index (χ1) is 9.04. The number of rotatable bonds is 4. The van der Waals surface area contributed by atoms with Gasteiger partial charge in [0.05, 0.1) is 5.52 Å². The highest BCUT2D eigenvalue weighted by Gasteiger charge is 2.13. The number of hydrogen-bond acceptors (Lipinski definition) is 4. The van der Waals surface area contributed by atoms with E-state index in [2.05, 4.69) is 0 Å². The smallest absolute Gasteiger partial charge is 0.408 e. The Labute approximate surface area is 110 Å². The van der Waals surface area contributed by atoms with E-state index in [-0.39, 0.29) is 5.91 Å². The molecule has 0 aliphatic rings. The molecule has 0 spiro atoms. The van der Waals surface area contributed by atoms with Crippen molar-refractivity contribution in [1.82, 2.24) is 4.57 Å². The number of fused-ring (bicyclic) bond motifs is 1. The Bertz CT molecular complexity index is 657. The summed E-state index contributed by atoms with van der Waals surface area (Å²) in [6, 6.07) is 5.25. The number of nitrogens with two attached hydrogens (primary N) is 1. The first-order valence-electron chi connectivity index (χ1n) is 6.11. The van der Waals surface area contributed by atoms with E-state index in [1.807, 2.05) is 0 Å². The van der Waals surface area contributed by atoms with Gasteiger partial charge in [-0.1, -0.05) is 0 Å². The van der Waals surface area contributed by atoms with E-state index in [1.54, 1.807) is 37.2 Å². The van der Waals surface area contributed by atoms with Crippen LogP contribution in [0.2, 0.25) is 0 Å². The SMILES string of the molecule is CN(C(=O)CCCN)c1ccc2c(c1)oc(=O)n2C. The third-order valence-electron chi connectivity index (χ3n) is 3.13. The van der Waals surface area contributed by atoms with Gasteiger partial charge in [-0.15, -0.1) is 0 Å². The Kier molecular flexibility index (Phi) is 3.71. The lowest BCUT2D eigenvalue weighted by atomic mass is 10.2. The highest BCUT2D eigenvalue weighted by Crippen LogP contribution is 2.21. The molecule has 0 saturated heterocycles. The van der Waals surface area contributed by atoms with Gasteiger partial charge in [0, 0.05) is 32.3 Å². The van der Waals surface area contributed by atoms with Crippen LogP contribution in [-0.2, 0) is 11.8 Å². The lowest BCUT2D eigenvalue weighted by Crippen LogP contribution is -2.26. The van der Waals surface area contributed by atoms with E-state index in [4.69, 9.17) is 10.2 Å². The van der Waals surface area contributed by atoms with Gasteiger partial charge >= 0.3 is 5.76 Å². The number of hydrogen-bond donors (Lipinski definition) is 1. The Morgan fingerprint density at radius 1 is 1.47 bits per heavy atom. The normalized spacial score (nSPS) is 10.9. The first-order valence-corrected chi connectivity index (χ1v) is 6.11. The van der Waals surface area contributed by atoms with Crippen LogP contribution in [0.5, 0.6) is 0 Å². The summed E-state index contributed by atoms with van der Waals surface area (Å²) in [6.07, 6.45) is 1.07. The molecule has 6 heteroatoms. The van der Waals surface area contributed by atoms with Crippen molar-refractivity contribution in [2.75, 3.05) is 18.5 Å². The maximum Gasteiger partial charge on any atom is 0.419 e. The van der Waals surface area contributed by atoms with Crippen LogP contribution < -0.4 is 16.4 Å². The zero-order valence-electron chi connectivity index (χ0n) is 11.0. The predicted octanol–water partition coefficient (Wildman–Crippen LogP) is 0.833. The number of anilines is 1. The Balaban J connectivity index is 2.30. The van der Waals surface area contributed by atoms with Gasteiger partial charge in [-0.2, -0.15) is 0 Å². The minimum absolute atomic E-state index is 0.0110. The zero-order chi connectivity index (χ0) is 14.0. The number of carbonyl (C=O) groups is 1. The van der Waals surface area contributed by atoms with Crippen molar-refractivity contribution in [3.8, 4) is 0 Å². The fourth-order valence-electron chi connectivity index (χ4n) is 1.90. The van der Waals surface area contributed by atoms with Crippen LogP contribution in [0, 0.1) is 0 Å². The van der Waals surface area contributed by atoms with Gasteiger partial charge in [0.25, 0.3) is 0 Å². The van der Waals surface area contributed by atoms with Gasteiger partial charge in [0.2, 0.25) is 5.91 Å². The minimum atomic E-state index is -0.413. The van der Waals surface area contributed by atoms with Crippen molar-refractivity contribution in [3.63, 3.8) is 0 Å². The summed E-state index contributed by atoms with van der Waals surface area (Å²) in [5, 5.41) is 0. The molecule has 0 unspecified atom stereocenters. The maximum atomic E-state index is 11.9. The first kappa shape index (κ1) is 13.4. The molecular weight excluding hydrogens is 246 g/mol. The fraction of sp³-hybridized carbons (Fsp3) is 0.385. The molecule has 1 aromatic heterocycles. The summed E-state index contributed by atoms with van der Waals surface area (Å²) in [4.78, 5) is 24.8. The summed E-state index contributed by atoms with van der Waals surface area (Å²) < 4.78 is 6.53. The van der Waals surface area contributed by atoms with Gasteiger partial charge in [0.1, 0.15) is 0 Å². The predicted molar refractivity (Wildman–Crippen MR) is 73.2 cm³/mol. The number of amides is 1. The zero-order valence-corrected chi connectivity index (χ0v) is 11.0. The van der Waals surface area contributed by atoms with E-state index in [0.29, 0.717) is 36.2 Å². The molecule has 0 atom stereocenters. The van der Waals surface area contributed by atoms with Gasteiger partial charge < -0.3 is 15.1 Å². The molecule has 19 heavy (non-hydrogen) atoms. The molecule has 2 N–H and O–H groups in total. The number of carbonyl (C=O) groups excluding carboxylic acids is 1. The third-order valence-corrected chi connectivity index (χ3v) is 3.13. The largest absolute Gasteiger partial charge is 0.419 e. The second-order valence-electron chi connectivity index (χ2n) is 4.42. The van der Waals surface area contributed by atoms with Crippen LogP contribution in [0.15, 0.2) is 27.4 Å². The average molecular weight is 263 g/mol. The van der Waals surface area contributed by atoms with Crippen LogP contribution in [0.25, 0.3) is 11.1 Å². The molecule has 2 rings (SSSR count). The van der Waals surface area contributed by atoms with Crippen LogP contribution in [0.1, 0.15) is 12.8 Å². The van der Waals surface area contributed by atoms with Crippen molar-refractivity contribution < 1.29 is 9.21 Å². The Hall–Kier alpha value is -2.08. The molecule has 102 valence electrons. The minimum Gasteiger partial charge on any atom is -0.408 e. The number of nitrogens with zero attached hydrogens (tertiary/aromatic N) is 2. The van der Waals surface area contributed by atoms with Crippen LogP contribution in [-0.4, -0.2) is 24.1 Å². The van der Waals surface area contributed by atoms with E-state index in [1.165, 1.54) is 4.57 Å². The number of aromatic nitrogens is 1. The molecule has 1 aromatic carbocycles. The second kappa shape index (κ2) is 5.27. The lowest BCUT2D eigenvalue weighted by Gasteiger charge is -2.17. The lowest BCUT2D eigenvalue weighted by molar-refractivity contribution is -0.118. The Morgan fingerprint density at radius 3 is 2.89 bits per heavy atom. The van der Waals surface area contributed by atoms with E-state index >= 15 is 0 Å². The highest BCUT2D eigenvalue weighted by atomic mass is 16.4. The monoisotopic (exact) mass is 263 g/mol. The standard InChI is InChI=1S/C13H17N3O3/c1-15(12(17)4-3-7-14)9-5-6-10-11(8-9)19-13(18)16(10)2/h5-6,8H,3-4,7,14H2,1-2H3. The van der Waals surface area contributed by atoms with Crippen LogP contribution >= 0.6 is 0 Å². The average Bonchev–Trinajstić information content (AvgIpc) is 2.70. The summed E-state index contributed by atoms with van der Waals surface area (Å²) in [5.74, 6) is -0.424. The second-order valence-corrected chi connectivity index (χ2v) is 4.42. The molecule has 0 bridgehead atoms. The van der Waals surface area contributed by atoms with Crippen molar-refractivity contribution in [1.29, 1.82) is 0 Å². The van der Waals surface area contributed by atoms with Gasteiger partial charge in [-0.3, -0.25) is 9.36 Å². The summed E-state index contributed by atoms with van der Waals surface area (Å²) in [6.45, 7) is 0.492. The summed E-state index contributed by atoms with van der Waals surface area (Å²) in [5.41, 5.74) is 7.26. The molecule has 0 radical (unpaired) electrons. The van der Waals surface area contributed by atoms with Crippen LogP contribution in [0.3, 0.4) is 0 Å². The molecule has 2 aromatic rings. The quantitative estimate of drug-likeness (QED) is 0.886. The van der Waals surface area contributed by atoms with E-state index in [9.17, 15) is 9.59 Å². The van der Waals surface area contributed by atoms with E-state index in [0.717, 1.165) is 0 Å². The van der Waals surface area contributed by atoms with Crippen molar-refractivity contribution in [2.45, 2.75) is 12.8 Å². The number of aryl methyl sites for hydroxylation is 1. The van der Waals surface area contributed by atoms with Gasteiger partial charge in [-0.05, 0) is 25.1 Å². The highest BCUT2D eigenvalue weighted by molar-refractivity contribution is 5.94. The molecule has 0 fully saturated rings. The topological polar surface area (TPSA) is 81.5 Å². The maximum absolute atomic E-state index is 11.9. The molecule has 0 aliphatic carbocycles. The van der Waals surface area contributed by atoms with Crippen molar-refractivity contribution in [2.24, 2.45) is 12.8 Å². The summed E-state index contributed by atoms with van der Waals surface area (Å²) >= 11 is 0. The van der Waals surface area contributed by atoms with Gasteiger partial charge in [0.15, 0.2) is 5.58 Å². The molecule has 1 heterocycles. The Morgan fingerprint density at radius 2 is 2.21 bits per heavy atom. The van der Waals surface area contributed by atoms with Crippen LogP contribution in [0.4, 0.5) is 5.69 Å². The van der Waals surface area contributed by atoms with E-state index < -0.39 is 5.76 Å². The number of oxazole rings is 1. The number of benzene rings is 1. The summed E-state index contributed by atoms with van der Waals surface area (Å²) in [7, 11) is 3.34. The third kappa shape index (κ3) is 2.53. The molecule has 0 saturated carbocycles. The fourth-order valence-corrected chi connectivity index (χ4v) is 1.90. The molecule has 1 amide bonds. The van der Waals surface area contributed by atoms with Crippen molar-refractivity contribution in [3.05, 3.63) is 28.7 Å². The molecular formula is C13H17N3O3.